The zero-order valence-corrected chi connectivity index (χ0v) is 12.4. The number of hydrogen-bond acceptors (Lipinski definition) is 3. The van der Waals surface area contributed by atoms with E-state index in [4.69, 9.17) is 9.47 Å². The maximum Gasteiger partial charge on any atom is 0.191 e. The Labute approximate surface area is 120 Å². The summed E-state index contributed by atoms with van der Waals surface area (Å²) in [4.78, 5) is 4.59. The SMILES string of the molecule is CCNC(=NCc1ccc(OC)c(OC)c1)NC1CC1. The third kappa shape index (κ3) is 4.05. The standard InChI is InChI=1S/C15H23N3O2/c1-4-16-15(18-12-6-7-12)17-10-11-5-8-13(19-2)14(9-11)20-3/h5,8-9,12H,4,6-7,10H2,1-3H3,(H2,16,17,18). The molecule has 0 radical (unpaired) electrons. The number of methoxy groups -OCH3 is 2. The van der Waals surface area contributed by atoms with Crippen LogP contribution in [0.4, 0.5) is 0 Å². The molecule has 2 N–H and O–H groups in total. The summed E-state index contributed by atoms with van der Waals surface area (Å²) in [5.41, 5.74) is 1.09. The monoisotopic (exact) mass is 277 g/mol. The number of guanidine groups is 1. The molecule has 0 saturated heterocycles. The van der Waals surface area contributed by atoms with E-state index in [1.54, 1.807) is 14.2 Å². The Bertz CT molecular complexity index is 470. The normalized spacial score (nSPS) is 14.8. The van der Waals surface area contributed by atoms with Gasteiger partial charge < -0.3 is 20.1 Å². The van der Waals surface area contributed by atoms with Gasteiger partial charge in [-0.2, -0.15) is 0 Å². The van der Waals surface area contributed by atoms with E-state index in [2.05, 4.69) is 22.5 Å². The molecule has 1 aromatic carbocycles. The first kappa shape index (κ1) is 14.5. The van der Waals surface area contributed by atoms with Crippen molar-refractivity contribution in [2.75, 3.05) is 20.8 Å². The van der Waals surface area contributed by atoms with Crippen molar-refractivity contribution in [3.8, 4) is 11.5 Å². The number of aliphatic imine (C=N–C) groups is 1. The van der Waals surface area contributed by atoms with Crippen LogP contribution in [0.5, 0.6) is 11.5 Å². The van der Waals surface area contributed by atoms with Crippen LogP contribution in [0.1, 0.15) is 25.3 Å². The van der Waals surface area contributed by atoms with Gasteiger partial charge in [0.2, 0.25) is 0 Å². The Morgan fingerprint density at radius 3 is 2.60 bits per heavy atom. The zero-order valence-electron chi connectivity index (χ0n) is 12.4. The minimum absolute atomic E-state index is 0.596. The van der Waals surface area contributed by atoms with Gasteiger partial charge in [0, 0.05) is 12.6 Å². The van der Waals surface area contributed by atoms with Gasteiger partial charge >= 0.3 is 0 Å². The fourth-order valence-electron chi connectivity index (χ4n) is 1.89. The van der Waals surface area contributed by atoms with Crippen LogP contribution in [-0.2, 0) is 6.54 Å². The van der Waals surface area contributed by atoms with Gasteiger partial charge in [-0.3, -0.25) is 0 Å². The molecular formula is C15H23N3O2. The molecule has 1 aliphatic carbocycles. The Kier molecular flexibility index (Phi) is 5.09. The summed E-state index contributed by atoms with van der Waals surface area (Å²) < 4.78 is 10.5. The maximum atomic E-state index is 5.30. The second-order valence-corrected chi connectivity index (χ2v) is 4.80. The fraction of sp³-hybridized carbons (Fsp3) is 0.533. The number of ether oxygens (including phenoxy) is 2. The molecule has 0 atom stereocenters. The second kappa shape index (κ2) is 7.03. The van der Waals surface area contributed by atoms with E-state index in [0.717, 1.165) is 29.6 Å². The van der Waals surface area contributed by atoms with Crippen molar-refractivity contribution in [2.45, 2.75) is 32.4 Å². The number of nitrogens with zero attached hydrogens (tertiary/aromatic N) is 1. The van der Waals surface area contributed by atoms with Gasteiger partial charge in [-0.25, -0.2) is 4.99 Å². The van der Waals surface area contributed by atoms with Crippen LogP contribution in [-0.4, -0.2) is 32.8 Å². The van der Waals surface area contributed by atoms with E-state index in [1.165, 1.54) is 12.8 Å². The second-order valence-electron chi connectivity index (χ2n) is 4.80. The van der Waals surface area contributed by atoms with Crippen LogP contribution in [0, 0.1) is 0 Å². The number of hydrogen-bond donors (Lipinski definition) is 2. The average Bonchev–Trinajstić information content (AvgIpc) is 3.28. The molecule has 110 valence electrons. The molecule has 0 heterocycles. The third-order valence-electron chi connectivity index (χ3n) is 3.13. The molecule has 0 bridgehead atoms. The van der Waals surface area contributed by atoms with Gasteiger partial charge in [0.1, 0.15) is 0 Å². The number of benzene rings is 1. The predicted molar refractivity (Wildman–Crippen MR) is 80.5 cm³/mol. The Hall–Kier alpha value is -1.91. The largest absolute Gasteiger partial charge is 0.493 e. The van der Waals surface area contributed by atoms with Crippen LogP contribution < -0.4 is 20.1 Å². The zero-order chi connectivity index (χ0) is 14.4. The molecule has 0 unspecified atom stereocenters. The fourth-order valence-corrected chi connectivity index (χ4v) is 1.89. The summed E-state index contributed by atoms with van der Waals surface area (Å²) >= 11 is 0. The smallest absolute Gasteiger partial charge is 0.191 e. The predicted octanol–water partition coefficient (Wildman–Crippen LogP) is 1.92. The minimum Gasteiger partial charge on any atom is -0.493 e. The lowest BCUT2D eigenvalue weighted by Crippen LogP contribution is -2.38. The van der Waals surface area contributed by atoms with Gasteiger partial charge in [-0.05, 0) is 37.5 Å². The van der Waals surface area contributed by atoms with Crippen LogP contribution in [0.3, 0.4) is 0 Å². The molecule has 0 aromatic heterocycles. The van der Waals surface area contributed by atoms with Crippen molar-refractivity contribution in [2.24, 2.45) is 4.99 Å². The Morgan fingerprint density at radius 1 is 1.25 bits per heavy atom. The Balaban J connectivity index is 2.03. The van der Waals surface area contributed by atoms with E-state index in [9.17, 15) is 0 Å². The number of nitrogens with one attached hydrogen (secondary N) is 2. The molecular weight excluding hydrogens is 254 g/mol. The highest BCUT2D eigenvalue weighted by Crippen LogP contribution is 2.27. The molecule has 20 heavy (non-hydrogen) atoms. The van der Waals surface area contributed by atoms with Gasteiger partial charge in [-0.1, -0.05) is 6.07 Å². The molecule has 1 aliphatic rings. The van der Waals surface area contributed by atoms with Gasteiger partial charge in [-0.15, -0.1) is 0 Å². The molecule has 2 rings (SSSR count). The number of rotatable bonds is 6. The molecule has 5 nitrogen and oxygen atoms in total. The molecule has 0 spiro atoms. The summed E-state index contributed by atoms with van der Waals surface area (Å²) in [6.45, 7) is 3.55. The first-order valence-electron chi connectivity index (χ1n) is 7.02. The highest BCUT2D eigenvalue weighted by molar-refractivity contribution is 5.80. The van der Waals surface area contributed by atoms with E-state index >= 15 is 0 Å². The highest BCUT2D eigenvalue weighted by atomic mass is 16.5. The topological polar surface area (TPSA) is 54.9 Å². The van der Waals surface area contributed by atoms with Crippen LogP contribution >= 0.6 is 0 Å². The van der Waals surface area contributed by atoms with Crippen molar-refractivity contribution in [1.29, 1.82) is 0 Å². The molecule has 0 aliphatic heterocycles. The van der Waals surface area contributed by atoms with E-state index in [1.807, 2.05) is 18.2 Å². The summed E-state index contributed by atoms with van der Waals surface area (Å²) in [6.07, 6.45) is 2.47. The minimum atomic E-state index is 0.596. The summed E-state index contributed by atoms with van der Waals surface area (Å²) in [5.74, 6) is 2.35. The summed E-state index contributed by atoms with van der Waals surface area (Å²) in [7, 11) is 3.28. The quantitative estimate of drug-likeness (QED) is 0.616. The van der Waals surface area contributed by atoms with E-state index < -0.39 is 0 Å². The van der Waals surface area contributed by atoms with E-state index in [-0.39, 0.29) is 0 Å². The van der Waals surface area contributed by atoms with Crippen molar-refractivity contribution in [3.05, 3.63) is 23.8 Å². The van der Waals surface area contributed by atoms with Crippen LogP contribution in [0.2, 0.25) is 0 Å². The summed E-state index contributed by atoms with van der Waals surface area (Å²) in [6, 6.07) is 6.47. The first-order valence-corrected chi connectivity index (χ1v) is 7.02. The molecule has 5 heteroatoms. The first-order chi connectivity index (χ1) is 9.76. The van der Waals surface area contributed by atoms with Gasteiger partial charge in [0.25, 0.3) is 0 Å². The van der Waals surface area contributed by atoms with Crippen LogP contribution in [0.25, 0.3) is 0 Å². The lowest BCUT2D eigenvalue weighted by Gasteiger charge is -2.11. The van der Waals surface area contributed by atoms with Crippen molar-refractivity contribution < 1.29 is 9.47 Å². The highest BCUT2D eigenvalue weighted by Gasteiger charge is 2.22. The maximum absolute atomic E-state index is 5.30. The third-order valence-corrected chi connectivity index (χ3v) is 3.13. The lowest BCUT2D eigenvalue weighted by atomic mass is 10.2. The summed E-state index contributed by atoms with van der Waals surface area (Å²) in [5, 5.41) is 6.65. The molecule has 0 amide bonds. The van der Waals surface area contributed by atoms with Gasteiger partial charge in [0.05, 0.1) is 20.8 Å². The Morgan fingerprint density at radius 2 is 2.00 bits per heavy atom. The van der Waals surface area contributed by atoms with Crippen LogP contribution in [0.15, 0.2) is 23.2 Å². The lowest BCUT2D eigenvalue weighted by molar-refractivity contribution is 0.354. The van der Waals surface area contributed by atoms with Crippen molar-refractivity contribution in [3.63, 3.8) is 0 Å². The average molecular weight is 277 g/mol. The van der Waals surface area contributed by atoms with Gasteiger partial charge in [0.15, 0.2) is 17.5 Å². The molecule has 1 saturated carbocycles. The van der Waals surface area contributed by atoms with E-state index in [0.29, 0.717) is 12.6 Å². The van der Waals surface area contributed by atoms with Crippen molar-refractivity contribution in [1.82, 2.24) is 10.6 Å². The molecule has 1 aromatic rings. The molecule has 1 fully saturated rings. The van der Waals surface area contributed by atoms with Crippen molar-refractivity contribution >= 4 is 5.96 Å².